The summed E-state index contributed by atoms with van der Waals surface area (Å²) in [5.41, 5.74) is 4.15. The van der Waals surface area contributed by atoms with Crippen LogP contribution in [0.4, 0.5) is 5.69 Å². The van der Waals surface area contributed by atoms with Crippen LogP contribution in [-0.2, 0) is 14.3 Å². The maximum absolute atomic E-state index is 12.7. The van der Waals surface area contributed by atoms with Crippen LogP contribution in [0.15, 0.2) is 48.5 Å². The summed E-state index contributed by atoms with van der Waals surface area (Å²) in [6.07, 6.45) is 0.256. The molecule has 3 amide bonds. The van der Waals surface area contributed by atoms with Crippen LogP contribution < -0.4 is 16.1 Å². The molecule has 2 aromatic carbocycles. The first-order valence-corrected chi connectivity index (χ1v) is 10.1. The van der Waals surface area contributed by atoms with Gasteiger partial charge in [0.05, 0.1) is 12.6 Å². The number of aryl methyl sites for hydroxylation is 1. The van der Waals surface area contributed by atoms with E-state index in [9.17, 15) is 14.4 Å². The second-order valence-electron chi connectivity index (χ2n) is 7.46. The number of hydrogen-bond donors (Lipinski definition) is 4. The number of rotatable bonds is 11. The van der Waals surface area contributed by atoms with Crippen molar-refractivity contribution in [1.82, 2.24) is 10.8 Å². The highest BCUT2D eigenvalue weighted by atomic mass is 16.7. The van der Waals surface area contributed by atoms with Crippen molar-refractivity contribution in [3.05, 3.63) is 65.2 Å². The van der Waals surface area contributed by atoms with Crippen LogP contribution in [0.1, 0.15) is 39.6 Å². The van der Waals surface area contributed by atoms with Gasteiger partial charge >= 0.3 is 0 Å². The lowest BCUT2D eigenvalue weighted by atomic mass is 10.0. The number of carbonyl (C=O) groups excluding carboxylic acids is 3. The van der Waals surface area contributed by atoms with Crippen LogP contribution in [-0.4, -0.2) is 49.5 Å². The lowest BCUT2D eigenvalue weighted by Crippen LogP contribution is -2.41. The Morgan fingerprint density at radius 1 is 0.969 bits per heavy atom. The molecule has 4 N–H and O–H groups in total. The molecule has 0 aliphatic heterocycles. The van der Waals surface area contributed by atoms with E-state index in [1.807, 2.05) is 19.1 Å². The minimum absolute atomic E-state index is 0.0440. The summed E-state index contributed by atoms with van der Waals surface area (Å²) < 4.78 is 10.2. The number of amides is 3. The first kappa shape index (κ1) is 25.0. The predicted molar refractivity (Wildman–Crippen MR) is 118 cm³/mol. The highest BCUT2D eigenvalue weighted by Crippen LogP contribution is 2.13. The molecule has 172 valence electrons. The second-order valence-corrected chi connectivity index (χ2v) is 7.46. The highest BCUT2D eigenvalue weighted by molar-refractivity contribution is 6.04. The summed E-state index contributed by atoms with van der Waals surface area (Å²) in [5.74, 6) is -1.70. The van der Waals surface area contributed by atoms with Crippen LogP contribution in [0.3, 0.4) is 0 Å². The molecule has 0 bridgehead atoms. The second kappa shape index (κ2) is 12.6. The Hall–Kier alpha value is -3.27. The molecule has 2 unspecified atom stereocenters. The SMILES string of the molecule is COCOCC(CC(C)C(=O)NO)NC(=O)c1ccc(NC(=O)c2ccc(C)cc2)cc1. The zero-order valence-electron chi connectivity index (χ0n) is 18.4. The Balaban J connectivity index is 1.99. The zero-order valence-corrected chi connectivity index (χ0v) is 18.4. The third-order valence-electron chi connectivity index (χ3n) is 4.77. The molecule has 9 nitrogen and oxygen atoms in total. The van der Waals surface area contributed by atoms with Crippen molar-refractivity contribution in [1.29, 1.82) is 0 Å². The van der Waals surface area contributed by atoms with Gasteiger partial charge in [0.2, 0.25) is 5.91 Å². The Bertz CT molecular complexity index is 899. The molecule has 2 atom stereocenters. The molecular weight excluding hydrogens is 414 g/mol. The maximum atomic E-state index is 12.7. The highest BCUT2D eigenvalue weighted by Gasteiger charge is 2.21. The largest absolute Gasteiger partial charge is 0.359 e. The summed E-state index contributed by atoms with van der Waals surface area (Å²) in [7, 11) is 1.48. The fraction of sp³-hybridized carbons (Fsp3) is 0.348. The molecular formula is C23H29N3O6. The number of carbonyl (C=O) groups is 3. The summed E-state index contributed by atoms with van der Waals surface area (Å²) in [5, 5.41) is 14.4. The fourth-order valence-corrected chi connectivity index (χ4v) is 2.97. The van der Waals surface area contributed by atoms with Crippen LogP contribution in [0.25, 0.3) is 0 Å². The molecule has 0 spiro atoms. The number of hydroxylamine groups is 1. The van der Waals surface area contributed by atoms with Gasteiger partial charge in [-0.3, -0.25) is 19.6 Å². The van der Waals surface area contributed by atoms with Gasteiger partial charge in [-0.15, -0.1) is 0 Å². The molecule has 0 saturated heterocycles. The van der Waals surface area contributed by atoms with Gasteiger partial charge < -0.3 is 20.1 Å². The first-order chi connectivity index (χ1) is 15.3. The minimum Gasteiger partial charge on any atom is -0.359 e. The van der Waals surface area contributed by atoms with Crippen molar-refractivity contribution < 1.29 is 29.1 Å². The van der Waals surface area contributed by atoms with Crippen molar-refractivity contribution in [2.45, 2.75) is 26.3 Å². The quantitative estimate of drug-likeness (QED) is 0.183. The van der Waals surface area contributed by atoms with Crippen molar-refractivity contribution in [2.24, 2.45) is 5.92 Å². The van der Waals surface area contributed by atoms with Crippen molar-refractivity contribution in [3.8, 4) is 0 Å². The van der Waals surface area contributed by atoms with Gasteiger partial charge in [-0.05, 0) is 49.7 Å². The standard InChI is InChI=1S/C23H29N3O6/c1-15-4-6-17(7-5-15)22(28)24-19-10-8-18(9-11-19)23(29)25-20(13-32-14-31-3)12-16(2)21(27)26-30/h4-11,16,20,30H,12-14H2,1-3H3,(H,24,28)(H,25,29)(H,26,27). The summed E-state index contributed by atoms with van der Waals surface area (Å²) in [6, 6.07) is 13.2. The van der Waals surface area contributed by atoms with Crippen molar-refractivity contribution >= 4 is 23.4 Å². The van der Waals surface area contributed by atoms with E-state index in [-0.39, 0.29) is 31.6 Å². The molecule has 0 aliphatic carbocycles. The normalized spacial score (nSPS) is 12.5. The predicted octanol–water partition coefficient (Wildman–Crippen LogP) is 2.50. The summed E-state index contributed by atoms with van der Waals surface area (Å²) >= 11 is 0. The van der Waals surface area contributed by atoms with Gasteiger partial charge in [0, 0.05) is 29.8 Å². The van der Waals surface area contributed by atoms with Crippen molar-refractivity contribution in [3.63, 3.8) is 0 Å². The molecule has 0 saturated carbocycles. The topological polar surface area (TPSA) is 126 Å². The Kier molecular flexibility index (Phi) is 9.80. The van der Waals surface area contributed by atoms with E-state index < -0.39 is 17.9 Å². The van der Waals surface area contributed by atoms with Gasteiger partial charge in [0.25, 0.3) is 11.8 Å². The molecule has 0 fully saturated rings. The Morgan fingerprint density at radius 3 is 2.16 bits per heavy atom. The number of methoxy groups -OCH3 is 1. The molecule has 32 heavy (non-hydrogen) atoms. The van der Waals surface area contributed by atoms with E-state index in [2.05, 4.69) is 10.6 Å². The third kappa shape index (κ3) is 7.77. The Labute approximate surface area is 187 Å². The van der Waals surface area contributed by atoms with E-state index >= 15 is 0 Å². The average Bonchev–Trinajstić information content (AvgIpc) is 2.79. The maximum Gasteiger partial charge on any atom is 0.255 e. The lowest BCUT2D eigenvalue weighted by molar-refractivity contribution is -0.133. The summed E-state index contributed by atoms with van der Waals surface area (Å²) in [6.45, 7) is 3.75. The van der Waals surface area contributed by atoms with Gasteiger partial charge in [-0.25, -0.2) is 5.48 Å². The van der Waals surface area contributed by atoms with Gasteiger partial charge in [-0.2, -0.15) is 0 Å². The monoisotopic (exact) mass is 443 g/mol. The molecule has 0 heterocycles. The molecule has 0 aliphatic rings. The van der Waals surface area contributed by atoms with Gasteiger partial charge in [0.1, 0.15) is 6.79 Å². The van der Waals surface area contributed by atoms with Crippen LogP contribution in [0, 0.1) is 12.8 Å². The third-order valence-corrected chi connectivity index (χ3v) is 4.77. The summed E-state index contributed by atoms with van der Waals surface area (Å²) in [4.78, 5) is 36.6. The van der Waals surface area contributed by atoms with Crippen LogP contribution in [0.5, 0.6) is 0 Å². The first-order valence-electron chi connectivity index (χ1n) is 10.1. The number of benzene rings is 2. The van der Waals surface area contributed by atoms with E-state index in [0.29, 0.717) is 16.8 Å². The zero-order chi connectivity index (χ0) is 23.5. The number of nitrogens with one attached hydrogen (secondary N) is 3. The molecule has 9 heteroatoms. The Morgan fingerprint density at radius 2 is 1.56 bits per heavy atom. The van der Waals surface area contributed by atoms with Gasteiger partial charge in [-0.1, -0.05) is 24.6 Å². The van der Waals surface area contributed by atoms with E-state index in [1.54, 1.807) is 48.8 Å². The van der Waals surface area contributed by atoms with E-state index in [1.165, 1.54) is 7.11 Å². The lowest BCUT2D eigenvalue weighted by Gasteiger charge is -2.21. The smallest absolute Gasteiger partial charge is 0.255 e. The number of anilines is 1. The molecule has 2 rings (SSSR count). The van der Waals surface area contributed by atoms with Gasteiger partial charge in [0.15, 0.2) is 0 Å². The van der Waals surface area contributed by atoms with Crippen molar-refractivity contribution in [2.75, 3.05) is 25.8 Å². The molecule has 0 radical (unpaired) electrons. The number of ether oxygens (including phenoxy) is 2. The number of hydrogen-bond acceptors (Lipinski definition) is 6. The molecule has 2 aromatic rings. The van der Waals surface area contributed by atoms with Crippen LogP contribution in [0.2, 0.25) is 0 Å². The average molecular weight is 444 g/mol. The van der Waals surface area contributed by atoms with E-state index in [0.717, 1.165) is 5.56 Å². The van der Waals surface area contributed by atoms with Crippen LogP contribution >= 0.6 is 0 Å². The van der Waals surface area contributed by atoms with E-state index in [4.69, 9.17) is 14.7 Å². The minimum atomic E-state index is -0.551. The molecule has 0 aromatic heterocycles. The fourth-order valence-electron chi connectivity index (χ4n) is 2.97.